The van der Waals surface area contributed by atoms with Crippen LogP contribution in [0.25, 0.3) is 11.0 Å². The fourth-order valence-corrected chi connectivity index (χ4v) is 4.53. The van der Waals surface area contributed by atoms with Gasteiger partial charge in [0.15, 0.2) is 0 Å². The largest absolute Gasteiger partial charge is 0.476 e. The third-order valence-corrected chi connectivity index (χ3v) is 6.26. The van der Waals surface area contributed by atoms with Crippen molar-refractivity contribution in [3.05, 3.63) is 38.2 Å². The minimum Gasteiger partial charge on any atom is -0.476 e. The van der Waals surface area contributed by atoms with Gasteiger partial charge in [-0.1, -0.05) is 11.6 Å². The van der Waals surface area contributed by atoms with Crippen molar-refractivity contribution >= 4 is 34.4 Å². The maximum Gasteiger partial charge on any atom is 0.340 e. The summed E-state index contributed by atoms with van der Waals surface area (Å²) in [6.07, 6.45) is 2.24. The Morgan fingerprint density at radius 3 is 2.81 bits per heavy atom. The summed E-state index contributed by atoms with van der Waals surface area (Å²) in [4.78, 5) is 40.1. The molecule has 0 atom stereocenters. The van der Waals surface area contributed by atoms with E-state index in [0.717, 1.165) is 38.0 Å². The Labute approximate surface area is 184 Å². The van der Waals surface area contributed by atoms with Crippen LogP contribution >= 0.6 is 11.6 Å². The SMILES string of the molecule is COC(=O)Cc1c(C)c2cc(Cl)c3c(c2oc1=O)CN(CCCN1CCCC1=O)CO3. The minimum absolute atomic E-state index is 0.160. The van der Waals surface area contributed by atoms with Gasteiger partial charge in [0.2, 0.25) is 5.91 Å². The maximum atomic E-state index is 12.6. The van der Waals surface area contributed by atoms with Crippen LogP contribution in [-0.4, -0.2) is 55.2 Å². The van der Waals surface area contributed by atoms with Gasteiger partial charge in [-0.05, 0) is 31.4 Å². The number of carbonyl (C=O) groups is 2. The van der Waals surface area contributed by atoms with Crippen molar-refractivity contribution in [1.29, 1.82) is 0 Å². The van der Waals surface area contributed by atoms with E-state index in [0.29, 0.717) is 47.0 Å². The first kappa shape index (κ1) is 21.6. The molecule has 1 amide bonds. The van der Waals surface area contributed by atoms with Crippen LogP contribution in [0.15, 0.2) is 15.3 Å². The third-order valence-electron chi connectivity index (χ3n) is 5.97. The molecule has 8 nitrogen and oxygen atoms in total. The van der Waals surface area contributed by atoms with Crippen LogP contribution in [0.3, 0.4) is 0 Å². The number of esters is 1. The first-order valence-electron chi connectivity index (χ1n) is 10.4. The molecule has 0 spiro atoms. The van der Waals surface area contributed by atoms with Gasteiger partial charge in [0.05, 0.1) is 29.7 Å². The molecule has 1 saturated heterocycles. The molecule has 0 saturated carbocycles. The highest BCUT2D eigenvalue weighted by molar-refractivity contribution is 6.33. The second-order valence-electron chi connectivity index (χ2n) is 7.95. The lowest BCUT2D eigenvalue weighted by atomic mass is 10.00. The van der Waals surface area contributed by atoms with Crippen molar-refractivity contribution in [2.75, 3.05) is 33.5 Å². The van der Waals surface area contributed by atoms with E-state index < -0.39 is 11.6 Å². The van der Waals surface area contributed by atoms with Crippen molar-refractivity contribution in [1.82, 2.24) is 9.80 Å². The van der Waals surface area contributed by atoms with Crippen LogP contribution in [0.4, 0.5) is 0 Å². The Balaban J connectivity index is 1.59. The van der Waals surface area contributed by atoms with E-state index in [1.807, 2.05) is 4.90 Å². The smallest absolute Gasteiger partial charge is 0.340 e. The fraction of sp³-hybridized carbons (Fsp3) is 0.500. The zero-order valence-electron chi connectivity index (χ0n) is 17.7. The molecule has 0 aliphatic carbocycles. The lowest BCUT2D eigenvalue weighted by Crippen LogP contribution is -2.35. The van der Waals surface area contributed by atoms with Crippen molar-refractivity contribution in [3.8, 4) is 5.75 Å². The second kappa shape index (κ2) is 8.88. The number of nitrogens with zero attached hydrogens (tertiary/aromatic N) is 2. The number of fused-ring (bicyclic) bond motifs is 3. The summed E-state index contributed by atoms with van der Waals surface area (Å²) >= 11 is 6.47. The van der Waals surface area contributed by atoms with Crippen molar-refractivity contribution in [3.63, 3.8) is 0 Å². The molecule has 1 fully saturated rings. The van der Waals surface area contributed by atoms with E-state index in [1.165, 1.54) is 7.11 Å². The fourth-order valence-electron chi connectivity index (χ4n) is 4.25. The summed E-state index contributed by atoms with van der Waals surface area (Å²) in [7, 11) is 1.28. The van der Waals surface area contributed by atoms with Crippen molar-refractivity contribution in [2.45, 2.75) is 39.2 Å². The van der Waals surface area contributed by atoms with E-state index in [1.54, 1.807) is 13.0 Å². The molecule has 0 bridgehead atoms. The van der Waals surface area contributed by atoms with Gasteiger partial charge in [-0.25, -0.2) is 4.79 Å². The molecule has 31 heavy (non-hydrogen) atoms. The first-order valence-corrected chi connectivity index (χ1v) is 10.7. The van der Waals surface area contributed by atoms with Gasteiger partial charge < -0.3 is 18.8 Å². The standard InChI is InChI=1S/C22H25ClN2O6/c1-13-14-9-17(23)21-16(20(14)31-22(28)15(13)10-19(27)29-2)11-24(12-30-21)6-4-8-25-7-3-5-18(25)26/h9H,3-8,10-12H2,1-2H3. The molecule has 3 heterocycles. The molecule has 0 N–H and O–H groups in total. The minimum atomic E-state index is -0.565. The zero-order chi connectivity index (χ0) is 22.1. The molecule has 1 aromatic carbocycles. The summed E-state index contributed by atoms with van der Waals surface area (Å²) in [6, 6.07) is 1.71. The topological polar surface area (TPSA) is 89.3 Å². The lowest BCUT2D eigenvalue weighted by molar-refractivity contribution is -0.139. The molecular formula is C22H25ClN2O6. The predicted molar refractivity (Wildman–Crippen MR) is 114 cm³/mol. The number of hydrogen-bond acceptors (Lipinski definition) is 7. The van der Waals surface area contributed by atoms with Gasteiger partial charge in [0.25, 0.3) is 0 Å². The number of amides is 1. The number of carbonyl (C=O) groups excluding carboxylic acids is 2. The normalized spacial score (nSPS) is 16.5. The van der Waals surface area contributed by atoms with Gasteiger partial charge in [-0.3, -0.25) is 14.5 Å². The highest BCUT2D eigenvalue weighted by Gasteiger charge is 2.27. The summed E-state index contributed by atoms with van der Waals surface area (Å²) in [6.45, 7) is 4.95. The average Bonchev–Trinajstić information content (AvgIpc) is 3.16. The monoisotopic (exact) mass is 448 g/mol. The number of hydrogen-bond donors (Lipinski definition) is 0. The summed E-state index contributed by atoms with van der Waals surface area (Å²) in [5.41, 5.74) is 1.49. The Bertz CT molecular complexity index is 1100. The van der Waals surface area contributed by atoms with E-state index in [4.69, 9.17) is 20.8 Å². The molecule has 0 radical (unpaired) electrons. The first-order chi connectivity index (χ1) is 14.9. The highest BCUT2D eigenvalue weighted by atomic mass is 35.5. The van der Waals surface area contributed by atoms with Crippen LogP contribution < -0.4 is 10.4 Å². The number of likely N-dealkylation sites (tertiary alicyclic amines) is 1. The lowest BCUT2D eigenvalue weighted by Gasteiger charge is -2.30. The van der Waals surface area contributed by atoms with E-state index in [-0.39, 0.29) is 17.9 Å². The van der Waals surface area contributed by atoms with Gasteiger partial charge in [0, 0.05) is 38.0 Å². The Morgan fingerprint density at radius 1 is 1.29 bits per heavy atom. The Morgan fingerprint density at radius 2 is 2.10 bits per heavy atom. The summed E-state index contributed by atoms with van der Waals surface area (Å²) in [5.74, 6) is 0.228. The molecule has 166 valence electrons. The van der Waals surface area contributed by atoms with Crippen molar-refractivity contribution < 1.29 is 23.5 Å². The predicted octanol–water partition coefficient (Wildman–Crippen LogP) is 2.63. The molecule has 2 aliphatic heterocycles. The van der Waals surface area contributed by atoms with Gasteiger partial charge in [-0.15, -0.1) is 0 Å². The zero-order valence-corrected chi connectivity index (χ0v) is 18.4. The second-order valence-corrected chi connectivity index (χ2v) is 8.36. The summed E-state index contributed by atoms with van der Waals surface area (Å²) < 4.78 is 16.2. The molecule has 4 rings (SSSR count). The van der Waals surface area contributed by atoms with Crippen LogP contribution in [0.5, 0.6) is 5.75 Å². The van der Waals surface area contributed by atoms with Crippen LogP contribution in [0.2, 0.25) is 5.02 Å². The molecule has 2 aliphatic rings. The Kier molecular flexibility index (Phi) is 6.20. The van der Waals surface area contributed by atoms with Crippen LogP contribution in [-0.2, 0) is 27.3 Å². The van der Waals surface area contributed by atoms with Crippen LogP contribution in [0, 0.1) is 6.92 Å². The number of methoxy groups -OCH3 is 1. The Hall–Kier alpha value is -2.58. The number of benzene rings is 1. The molecular weight excluding hydrogens is 424 g/mol. The number of rotatable bonds is 6. The number of aryl methyl sites for hydroxylation is 1. The maximum absolute atomic E-state index is 12.6. The molecule has 0 unspecified atom stereocenters. The quantitative estimate of drug-likeness (QED) is 0.495. The third kappa shape index (κ3) is 4.27. The molecule has 2 aromatic rings. The molecule has 1 aromatic heterocycles. The van der Waals surface area contributed by atoms with E-state index in [9.17, 15) is 14.4 Å². The van der Waals surface area contributed by atoms with Crippen LogP contribution in [0.1, 0.15) is 36.0 Å². The highest BCUT2D eigenvalue weighted by Crippen LogP contribution is 2.39. The van der Waals surface area contributed by atoms with Gasteiger partial charge >= 0.3 is 11.6 Å². The molecule has 9 heteroatoms. The van der Waals surface area contributed by atoms with E-state index in [2.05, 4.69) is 9.64 Å². The van der Waals surface area contributed by atoms with Crippen molar-refractivity contribution in [2.24, 2.45) is 0 Å². The average molecular weight is 449 g/mol. The summed E-state index contributed by atoms with van der Waals surface area (Å²) in [5, 5.41) is 1.11. The number of halogens is 1. The number of ether oxygens (including phenoxy) is 2. The van der Waals surface area contributed by atoms with E-state index >= 15 is 0 Å². The van der Waals surface area contributed by atoms with Gasteiger partial charge in [-0.2, -0.15) is 0 Å². The van der Waals surface area contributed by atoms with Gasteiger partial charge in [0.1, 0.15) is 18.1 Å².